The van der Waals surface area contributed by atoms with Crippen molar-refractivity contribution < 1.29 is 9.84 Å². The molecule has 2 aromatic rings. The lowest BCUT2D eigenvalue weighted by molar-refractivity contribution is 0.303. The lowest BCUT2D eigenvalue weighted by Crippen LogP contribution is -1.94. The number of aliphatic hydroxyl groups is 1. The van der Waals surface area contributed by atoms with E-state index in [-0.39, 0.29) is 6.61 Å². The smallest absolute Gasteiger partial charge is 0.120 e. The van der Waals surface area contributed by atoms with E-state index in [0.29, 0.717) is 13.0 Å². The maximum absolute atomic E-state index is 8.73. The molecule has 98 valence electrons. The Morgan fingerprint density at radius 1 is 1.00 bits per heavy atom. The molecule has 2 aromatic carbocycles. The quantitative estimate of drug-likeness (QED) is 0.852. The third kappa shape index (κ3) is 4.60. The van der Waals surface area contributed by atoms with E-state index >= 15 is 0 Å². The fraction of sp³-hybridized carbons (Fsp3) is 0.176. The normalized spacial score (nSPS) is 10.8. The van der Waals surface area contributed by atoms with Gasteiger partial charge in [-0.3, -0.25) is 0 Å². The maximum atomic E-state index is 8.73. The van der Waals surface area contributed by atoms with Crippen molar-refractivity contribution in [3.63, 3.8) is 0 Å². The second-order valence-electron chi connectivity index (χ2n) is 4.26. The zero-order chi connectivity index (χ0) is 13.3. The second-order valence-corrected chi connectivity index (χ2v) is 4.26. The first-order chi connectivity index (χ1) is 9.38. The van der Waals surface area contributed by atoms with Crippen LogP contribution in [0.2, 0.25) is 0 Å². The third-order valence-electron chi connectivity index (χ3n) is 2.71. The first-order valence-electron chi connectivity index (χ1n) is 6.42. The Labute approximate surface area is 114 Å². The Hall–Kier alpha value is -2.06. The molecule has 0 aliphatic rings. The number of ether oxygens (including phenoxy) is 1. The molecule has 0 aromatic heterocycles. The minimum absolute atomic E-state index is 0.181. The number of rotatable bonds is 6. The van der Waals surface area contributed by atoms with Crippen molar-refractivity contribution in [3.8, 4) is 5.75 Å². The van der Waals surface area contributed by atoms with Crippen molar-refractivity contribution in [2.24, 2.45) is 0 Å². The number of benzene rings is 2. The highest BCUT2D eigenvalue weighted by molar-refractivity contribution is 5.51. The molecule has 2 nitrogen and oxygen atoms in total. The van der Waals surface area contributed by atoms with Crippen LogP contribution in [-0.4, -0.2) is 11.7 Å². The Bertz CT molecular complexity index is 518. The first kappa shape index (κ1) is 13.4. The van der Waals surface area contributed by atoms with Crippen molar-refractivity contribution in [2.75, 3.05) is 6.61 Å². The zero-order valence-electron chi connectivity index (χ0n) is 10.8. The molecule has 0 fully saturated rings. The van der Waals surface area contributed by atoms with Crippen LogP contribution in [0.3, 0.4) is 0 Å². The van der Waals surface area contributed by atoms with Crippen LogP contribution in [0.1, 0.15) is 17.5 Å². The monoisotopic (exact) mass is 254 g/mol. The molecule has 2 rings (SSSR count). The summed E-state index contributed by atoms with van der Waals surface area (Å²) in [5, 5.41) is 8.73. The average Bonchev–Trinajstić information content (AvgIpc) is 2.47. The van der Waals surface area contributed by atoms with E-state index in [2.05, 4.69) is 0 Å². The van der Waals surface area contributed by atoms with E-state index in [1.807, 2.05) is 66.7 Å². The van der Waals surface area contributed by atoms with Crippen LogP contribution in [0.5, 0.6) is 5.75 Å². The molecule has 0 heterocycles. The van der Waals surface area contributed by atoms with Crippen LogP contribution in [0, 0.1) is 0 Å². The predicted molar refractivity (Wildman–Crippen MR) is 78.0 cm³/mol. The molecular weight excluding hydrogens is 236 g/mol. The Morgan fingerprint density at radius 3 is 2.63 bits per heavy atom. The van der Waals surface area contributed by atoms with E-state index in [4.69, 9.17) is 9.84 Å². The topological polar surface area (TPSA) is 29.5 Å². The van der Waals surface area contributed by atoms with Gasteiger partial charge in [0.05, 0.1) is 0 Å². The van der Waals surface area contributed by atoms with Crippen molar-refractivity contribution in [1.82, 2.24) is 0 Å². The average molecular weight is 254 g/mol. The summed E-state index contributed by atoms with van der Waals surface area (Å²) in [4.78, 5) is 0. The molecule has 0 atom stereocenters. The second kappa shape index (κ2) is 7.39. The maximum Gasteiger partial charge on any atom is 0.120 e. The molecule has 0 bridgehead atoms. The van der Waals surface area contributed by atoms with Gasteiger partial charge in [0.1, 0.15) is 12.4 Å². The van der Waals surface area contributed by atoms with E-state index in [1.165, 1.54) is 0 Å². The summed E-state index contributed by atoms with van der Waals surface area (Å²) < 4.78 is 5.76. The van der Waals surface area contributed by atoms with Gasteiger partial charge in [0.15, 0.2) is 0 Å². The highest BCUT2D eigenvalue weighted by atomic mass is 16.5. The predicted octanol–water partition coefficient (Wildman–Crippen LogP) is 3.66. The van der Waals surface area contributed by atoms with Crippen molar-refractivity contribution in [3.05, 3.63) is 71.8 Å². The lowest BCUT2D eigenvalue weighted by Gasteiger charge is -2.06. The van der Waals surface area contributed by atoms with Crippen LogP contribution in [0.25, 0.3) is 6.08 Å². The molecule has 0 saturated carbocycles. The van der Waals surface area contributed by atoms with Crippen molar-refractivity contribution in [2.45, 2.75) is 13.0 Å². The molecule has 2 heteroatoms. The van der Waals surface area contributed by atoms with Crippen LogP contribution < -0.4 is 4.74 Å². The van der Waals surface area contributed by atoms with Crippen molar-refractivity contribution >= 4 is 6.08 Å². The van der Waals surface area contributed by atoms with Crippen LogP contribution in [-0.2, 0) is 6.61 Å². The number of hydrogen-bond acceptors (Lipinski definition) is 2. The fourth-order valence-corrected chi connectivity index (χ4v) is 1.74. The molecule has 0 saturated heterocycles. The fourth-order valence-electron chi connectivity index (χ4n) is 1.74. The lowest BCUT2D eigenvalue weighted by atomic mass is 10.2. The van der Waals surface area contributed by atoms with Gasteiger partial charge >= 0.3 is 0 Å². The summed E-state index contributed by atoms with van der Waals surface area (Å²) in [6.07, 6.45) is 4.62. The van der Waals surface area contributed by atoms with Gasteiger partial charge < -0.3 is 9.84 Å². The van der Waals surface area contributed by atoms with Crippen LogP contribution in [0.15, 0.2) is 60.7 Å². The minimum Gasteiger partial charge on any atom is -0.489 e. The zero-order valence-corrected chi connectivity index (χ0v) is 10.8. The van der Waals surface area contributed by atoms with E-state index in [9.17, 15) is 0 Å². The minimum atomic E-state index is 0.181. The largest absolute Gasteiger partial charge is 0.489 e. The summed E-state index contributed by atoms with van der Waals surface area (Å²) in [7, 11) is 0. The number of aliphatic hydroxyl groups excluding tert-OH is 1. The molecule has 0 radical (unpaired) electrons. The van der Waals surface area contributed by atoms with Gasteiger partial charge in [-0.05, 0) is 29.7 Å². The van der Waals surface area contributed by atoms with Gasteiger partial charge in [-0.2, -0.15) is 0 Å². The third-order valence-corrected chi connectivity index (χ3v) is 2.71. The molecule has 0 unspecified atom stereocenters. The molecule has 0 spiro atoms. The van der Waals surface area contributed by atoms with Gasteiger partial charge in [-0.15, -0.1) is 0 Å². The molecular formula is C17H18O2. The standard InChI is InChI=1S/C17H18O2/c18-12-5-4-7-15-10-6-11-17(13-15)19-14-16-8-2-1-3-9-16/h1-4,6-11,13,18H,5,12,14H2. The molecule has 19 heavy (non-hydrogen) atoms. The van der Waals surface area contributed by atoms with E-state index < -0.39 is 0 Å². The molecule has 0 amide bonds. The van der Waals surface area contributed by atoms with Crippen LogP contribution >= 0.6 is 0 Å². The van der Waals surface area contributed by atoms with Gasteiger partial charge in [-0.25, -0.2) is 0 Å². The summed E-state index contributed by atoms with van der Waals surface area (Å²) in [6, 6.07) is 18.0. The summed E-state index contributed by atoms with van der Waals surface area (Å²) in [5.41, 5.74) is 2.24. The molecule has 0 aliphatic heterocycles. The summed E-state index contributed by atoms with van der Waals surface area (Å²) in [5.74, 6) is 0.856. The highest BCUT2D eigenvalue weighted by Crippen LogP contribution is 2.16. The Morgan fingerprint density at radius 2 is 1.84 bits per heavy atom. The van der Waals surface area contributed by atoms with E-state index in [0.717, 1.165) is 16.9 Å². The summed E-state index contributed by atoms with van der Waals surface area (Å²) >= 11 is 0. The first-order valence-corrected chi connectivity index (χ1v) is 6.42. The van der Waals surface area contributed by atoms with Crippen molar-refractivity contribution in [1.29, 1.82) is 0 Å². The van der Waals surface area contributed by atoms with Gasteiger partial charge in [0.25, 0.3) is 0 Å². The number of hydrogen-bond donors (Lipinski definition) is 1. The molecule has 1 N–H and O–H groups in total. The molecule has 0 aliphatic carbocycles. The Kier molecular flexibility index (Phi) is 5.20. The van der Waals surface area contributed by atoms with E-state index in [1.54, 1.807) is 0 Å². The Balaban J connectivity index is 1.95. The van der Waals surface area contributed by atoms with Gasteiger partial charge in [-0.1, -0.05) is 54.6 Å². The highest BCUT2D eigenvalue weighted by Gasteiger charge is 1.96. The van der Waals surface area contributed by atoms with Crippen LogP contribution in [0.4, 0.5) is 0 Å². The van der Waals surface area contributed by atoms with Gasteiger partial charge in [0.2, 0.25) is 0 Å². The summed E-state index contributed by atoms with van der Waals surface area (Å²) in [6.45, 7) is 0.755. The SMILES string of the molecule is OCCC=Cc1cccc(OCc2ccccc2)c1. The van der Waals surface area contributed by atoms with Gasteiger partial charge in [0, 0.05) is 6.61 Å².